The summed E-state index contributed by atoms with van der Waals surface area (Å²) in [6.07, 6.45) is 3.67. The molecule has 2 aromatic carbocycles. The van der Waals surface area contributed by atoms with Crippen LogP contribution in [-0.2, 0) is 4.79 Å². The number of methoxy groups -OCH3 is 1. The van der Waals surface area contributed by atoms with Crippen LogP contribution in [0.5, 0.6) is 17.2 Å². The summed E-state index contributed by atoms with van der Waals surface area (Å²) in [7, 11) is 1.56. The van der Waals surface area contributed by atoms with Crippen molar-refractivity contribution in [2.75, 3.05) is 13.7 Å². The maximum Gasteiger partial charge on any atom is 0.243 e. The number of amides is 1. The van der Waals surface area contributed by atoms with Gasteiger partial charge < -0.3 is 19.0 Å². The average molecular weight is 413 g/mol. The molecule has 0 fully saturated rings. The maximum atomic E-state index is 12.9. The molecule has 8 nitrogen and oxygen atoms in total. The van der Waals surface area contributed by atoms with Gasteiger partial charge in [0.15, 0.2) is 0 Å². The molecule has 3 N–H and O–H groups in total. The van der Waals surface area contributed by atoms with Crippen LogP contribution in [0.15, 0.2) is 51.9 Å². The molecule has 8 heteroatoms. The Balaban J connectivity index is 1.72. The molecule has 0 atom stereocenters. The summed E-state index contributed by atoms with van der Waals surface area (Å²) >= 11 is 0. The largest absolute Gasteiger partial charge is 0.507 e. The van der Waals surface area contributed by atoms with Crippen LogP contribution in [0, 0.1) is 0 Å². The second-order valence-corrected chi connectivity index (χ2v) is 6.72. The second kappa shape index (κ2) is 9.80. The SMILES string of the molecule is COc1ccc(-c2coc3cc(OCCCCCC(=O)NO)cc(O)c3c2=O)cc1. The molecule has 0 spiro atoms. The lowest BCUT2D eigenvalue weighted by atomic mass is 10.0. The minimum absolute atomic E-state index is 0.0886. The van der Waals surface area contributed by atoms with Gasteiger partial charge in [0.25, 0.3) is 0 Å². The van der Waals surface area contributed by atoms with Gasteiger partial charge in [0.2, 0.25) is 11.3 Å². The lowest BCUT2D eigenvalue weighted by molar-refractivity contribution is -0.129. The van der Waals surface area contributed by atoms with Gasteiger partial charge in [-0.15, -0.1) is 0 Å². The molecule has 0 aliphatic heterocycles. The predicted molar refractivity (Wildman–Crippen MR) is 110 cm³/mol. The molecule has 30 heavy (non-hydrogen) atoms. The van der Waals surface area contributed by atoms with Crippen molar-refractivity contribution in [3.8, 4) is 28.4 Å². The van der Waals surface area contributed by atoms with Gasteiger partial charge in [0, 0.05) is 18.6 Å². The number of carbonyl (C=O) groups excluding carboxylic acids is 1. The third kappa shape index (κ3) is 4.90. The van der Waals surface area contributed by atoms with Gasteiger partial charge in [-0.05, 0) is 37.0 Å². The molecule has 3 rings (SSSR count). The number of benzene rings is 2. The standard InChI is InChI=1S/C22H23NO7/c1-28-15-8-6-14(7-9-15)17-13-30-19-12-16(11-18(24)21(19)22(17)26)29-10-4-2-3-5-20(25)23-27/h6-9,11-13,24,27H,2-5,10H2,1H3,(H,23,25). The van der Waals surface area contributed by atoms with Gasteiger partial charge in [0.05, 0.1) is 19.3 Å². The molecular formula is C22H23NO7. The predicted octanol–water partition coefficient (Wildman–Crippen LogP) is 3.62. The van der Waals surface area contributed by atoms with E-state index in [2.05, 4.69) is 0 Å². The van der Waals surface area contributed by atoms with Gasteiger partial charge in [-0.2, -0.15) is 0 Å². The van der Waals surface area contributed by atoms with Crippen molar-refractivity contribution in [1.29, 1.82) is 0 Å². The molecule has 0 aliphatic carbocycles. The highest BCUT2D eigenvalue weighted by Crippen LogP contribution is 2.30. The number of hydrogen-bond acceptors (Lipinski definition) is 7. The fraction of sp³-hybridized carbons (Fsp3) is 0.273. The molecule has 0 saturated carbocycles. The molecule has 1 heterocycles. The van der Waals surface area contributed by atoms with Gasteiger partial charge in [-0.1, -0.05) is 12.1 Å². The first-order valence-electron chi connectivity index (χ1n) is 9.52. The van der Waals surface area contributed by atoms with E-state index in [1.165, 1.54) is 12.3 Å². The normalized spacial score (nSPS) is 10.7. The second-order valence-electron chi connectivity index (χ2n) is 6.72. The Labute approximate surface area is 172 Å². The Morgan fingerprint density at radius 2 is 1.87 bits per heavy atom. The highest BCUT2D eigenvalue weighted by atomic mass is 16.5. The van der Waals surface area contributed by atoms with Crippen molar-refractivity contribution in [3.05, 3.63) is 52.9 Å². The molecule has 1 amide bonds. The third-order valence-electron chi connectivity index (χ3n) is 4.67. The van der Waals surface area contributed by atoms with Gasteiger partial charge in [-0.3, -0.25) is 14.8 Å². The Hall–Kier alpha value is -3.52. The minimum atomic E-state index is -0.417. The number of hydrogen-bond donors (Lipinski definition) is 3. The fourth-order valence-corrected chi connectivity index (χ4v) is 3.07. The van der Waals surface area contributed by atoms with Crippen LogP contribution >= 0.6 is 0 Å². The van der Waals surface area contributed by atoms with Crippen LogP contribution < -0.4 is 20.4 Å². The van der Waals surface area contributed by atoms with E-state index < -0.39 is 5.91 Å². The van der Waals surface area contributed by atoms with E-state index in [0.29, 0.717) is 42.1 Å². The van der Waals surface area contributed by atoms with Crippen LogP contribution in [0.25, 0.3) is 22.1 Å². The lowest BCUT2D eigenvalue weighted by Crippen LogP contribution is -2.17. The molecule has 0 saturated heterocycles. The smallest absolute Gasteiger partial charge is 0.243 e. The Morgan fingerprint density at radius 3 is 2.57 bits per heavy atom. The first-order valence-corrected chi connectivity index (χ1v) is 9.52. The summed E-state index contributed by atoms with van der Waals surface area (Å²) in [4.78, 5) is 23.8. The van der Waals surface area contributed by atoms with E-state index in [-0.39, 0.29) is 28.6 Å². The van der Waals surface area contributed by atoms with Crippen molar-refractivity contribution in [1.82, 2.24) is 5.48 Å². The first-order chi connectivity index (χ1) is 14.5. The number of carbonyl (C=O) groups is 1. The van der Waals surface area contributed by atoms with E-state index in [0.717, 1.165) is 6.42 Å². The summed E-state index contributed by atoms with van der Waals surface area (Å²) in [5.74, 6) is 0.421. The minimum Gasteiger partial charge on any atom is -0.507 e. The van der Waals surface area contributed by atoms with Crippen LogP contribution in [0.3, 0.4) is 0 Å². The molecule has 0 bridgehead atoms. The number of aromatic hydroxyl groups is 1. The number of nitrogens with one attached hydrogen (secondary N) is 1. The van der Waals surface area contributed by atoms with Crippen LogP contribution in [0.4, 0.5) is 0 Å². The lowest BCUT2D eigenvalue weighted by Gasteiger charge is -2.09. The highest BCUT2D eigenvalue weighted by molar-refractivity contribution is 5.88. The Kier molecular flexibility index (Phi) is 6.92. The van der Waals surface area contributed by atoms with Crippen molar-refractivity contribution >= 4 is 16.9 Å². The summed E-state index contributed by atoms with van der Waals surface area (Å²) in [6.45, 7) is 0.375. The number of ether oxygens (including phenoxy) is 2. The number of fused-ring (bicyclic) bond motifs is 1. The van der Waals surface area contributed by atoms with Crippen LogP contribution in [-0.4, -0.2) is 29.9 Å². The zero-order chi connectivity index (χ0) is 21.5. The Bertz CT molecular complexity index is 1070. The number of phenols is 1. The maximum absolute atomic E-state index is 12.9. The van der Waals surface area contributed by atoms with Crippen molar-refractivity contribution in [2.24, 2.45) is 0 Å². The molecule has 1 aromatic heterocycles. The summed E-state index contributed by atoms with van der Waals surface area (Å²) in [5.41, 5.74) is 2.47. The van der Waals surface area contributed by atoms with Gasteiger partial charge in [0.1, 0.15) is 34.5 Å². The number of rotatable bonds is 9. The molecule has 0 unspecified atom stereocenters. The van der Waals surface area contributed by atoms with Gasteiger partial charge >= 0.3 is 0 Å². The van der Waals surface area contributed by atoms with E-state index >= 15 is 0 Å². The van der Waals surface area contributed by atoms with Crippen LogP contribution in [0.1, 0.15) is 25.7 Å². The molecular weight excluding hydrogens is 390 g/mol. The first kappa shape index (κ1) is 21.2. The topological polar surface area (TPSA) is 118 Å². The third-order valence-corrected chi connectivity index (χ3v) is 4.67. The molecule has 0 radical (unpaired) electrons. The number of unbranched alkanes of at least 4 members (excludes halogenated alkanes) is 2. The summed E-state index contributed by atoms with van der Waals surface area (Å²) in [6, 6.07) is 9.92. The van der Waals surface area contributed by atoms with E-state index in [9.17, 15) is 14.7 Å². The van der Waals surface area contributed by atoms with Crippen molar-refractivity contribution < 1.29 is 29.0 Å². The Morgan fingerprint density at radius 1 is 1.10 bits per heavy atom. The van der Waals surface area contributed by atoms with Crippen LogP contribution in [0.2, 0.25) is 0 Å². The molecule has 0 aliphatic rings. The number of hydroxylamine groups is 1. The fourth-order valence-electron chi connectivity index (χ4n) is 3.07. The van der Waals surface area contributed by atoms with E-state index in [1.54, 1.807) is 42.9 Å². The quantitative estimate of drug-likeness (QED) is 0.278. The molecule has 158 valence electrons. The van der Waals surface area contributed by atoms with Crippen molar-refractivity contribution in [2.45, 2.75) is 25.7 Å². The van der Waals surface area contributed by atoms with E-state index in [4.69, 9.17) is 19.1 Å². The van der Waals surface area contributed by atoms with E-state index in [1.807, 2.05) is 0 Å². The summed E-state index contributed by atoms with van der Waals surface area (Å²) < 4.78 is 16.3. The monoisotopic (exact) mass is 413 g/mol. The zero-order valence-electron chi connectivity index (χ0n) is 16.5. The zero-order valence-corrected chi connectivity index (χ0v) is 16.5. The van der Waals surface area contributed by atoms with Gasteiger partial charge in [-0.25, -0.2) is 5.48 Å². The number of phenolic OH excluding ortho intramolecular Hbond substituents is 1. The average Bonchev–Trinajstić information content (AvgIpc) is 2.76. The highest BCUT2D eigenvalue weighted by Gasteiger charge is 2.14. The molecule has 3 aromatic rings. The summed E-state index contributed by atoms with van der Waals surface area (Å²) in [5, 5.41) is 18.9. The van der Waals surface area contributed by atoms with Crippen molar-refractivity contribution in [3.63, 3.8) is 0 Å².